The monoisotopic (exact) mass is 397 g/mol. The number of carbonyl (C=O) groups is 2. The van der Waals surface area contributed by atoms with Gasteiger partial charge < -0.3 is 15.2 Å². The molecule has 2 aromatic carbocycles. The highest BCUT2D eigenvalue weighted by Crippen LogP contribution is 2.31. The van der Waals surface area contributed by atoms with Crippen LogP contribution in [0.4, 0.5) is 0 Å². The second kappa shape index (κ2) is 8.07. The normalized spacial score (nSPS) is 11.0. The van der Waals surface area contributed by atoms with Crippen LogP contribution in [0.3, 0.4) is 0 Å². The number of hydrogen-bond acceptors (Lipinski definition) is 2. The highest BCUT2D eigenvalue weighted by atomic mass is 35.5. The van der Waals surface area contributed by atoms with E-state index >= 15 is 0 Å². The molecule has 0 atom stereocenters. The van der Waals surface area contributed by atoms with Crippen molar-refractivity contribution in [3.05, 3.63) is 69.9 Å². The fraction of sp³-hybridized carbons (Fsp3) is 0.273. The number of amides is 2. The molecular formula is C22H24ClN3O2. The SMILES string of the molecule is CCCc1c(C(=O)N(C)C)c2ccc(C(N)=O)cc2n1Cc1ccccc1Cl. The second-order valence-corrected chi connectivity index (χ2v) is 7.45. The number of rotatable bonds is 6. The van der Waals surface area contributed by atoms with Crippen molar-refractivity contribution in [3.63, 3.8) is 0 Å². The average Bonchev–Trinajstić information content (AvgIpc) is 2.95. The summed E-state index contributed by atoms with van der Waals surface area (Å²) >= 11 is 6.39. The summed E-state index contributed by atoms with van der Waals surface area (Å²) in [6.07, 6.45) is 1.62. The lowest BCUT2D eigenvalue weighted by Gasteiger charge is -2.15. The number of halogens is 1. The maximum absolute atomic E-state index is 13.0. The first kappa shape index (κ1) is 20.0. The van der Waals surface area contributed by atoms with Crippen LogP contribution < -0.4 is 5.73 Å². The summed E-state index contributed by atoms with van der Waals surface area (Å²) < 4.78 is 2.09. The molecule has 0 fully saturated rings. The van der Waals surface area contributed by atoms with Crippen LogP contribution in [0.1, 0.15) is 45.3 Å². The van der Waals surface area contributed by atoms with Crippen LogP contribution in [0.5, 0.6) is 0 Å². The Balaban J connectivity index is 2.33. The highest BCUT2D eigenvalue weighted by molar-refractivity contribution is 6.31. The molecule has 2 amide bonds. The first-order chi connectivity index (χ1) is 13.3. The highest BCUT2D eigenvalue weighted by Gasteiger charge is 2.24. The van der Waals surface area contributed by atoms with Gasteiger partial charge in [0, 0.05) is 42.3 Å². The van der Waals surface area contributed by atoms with Gasteiger partial charge in [-0.2, -0.15) is 0 Å². The van der Waals surface area contributed by atoms with E-state index in [9.17, 15) is 9.59 Å². The number of benzene rings is 2. The van der Waals surface area contributed by atoms with Gasteiger partial charge in [-0.25, -0.2) is 0 Å². The third kappa shape index (κ3) is 3.62. The van der Waals surface area contributed by atoms with E-state index in [4.69, 9.17) is 17.3 Å². The van der Waals surface area contributed by atoms with E-state index in [0.29, 0.717) is 22.7 Å². The van der Waals surface area contributed by atoms with Gasteiger partial charge in [0.1, 0.15) is 0 Å². The summed E-state index contributed by atoms with van der Waals surface area (Å²) in [5.41, 5.74) is 9.29. The van der Waals surface area contributed by atoms with Crippen molar-refractivity contribution in [2.24, 2.45) is 5.73 Å². The van der Waals surface area contributed by atoms with Crippen LogP contribution >= 0.6 is 11.6 Å². The molecule has 0 spiro atoms. The first-order valence-electron chi connectivity index (χ1n) is 9.25. The summed E-state index contributed by atoms with van der Waals surface area (Å²) in [6.45, 7) is 2.59. The van der Waals surface area contributed by atoms with Crippen LogP contribution in [0.2, 0.25) is 5.02 Å². The Morgan fingerprint density at radius 1 is 1.14 bits per heavy atom. The summed E-state index contributed by atoms with van der Waals surface area (Å²) in [5, 5.41) is 1.48. The zero-order chi connectivity index (χ0) is 20.4. The molecule has 3 aromatic rings. The summed E-state index contributed by atoms with van der Waals surface area (Å²) in [7, 11) is 3.49. The van der Waals surface area contributed by atoms with Gasteiger partial charge in [-0.1, -0.05) is 49.2 Å². The fourth-order valence-electron chi connectivity index (χ4n) is 3.49. The number of fused-ring (bicyclic) bond motifs is 1. The standard InChI is InChI=1S/C22H24ClN3O2/c1-4-7-18-20(22(28)25(2)3)16-11-10-14(21(24)27)12-19(16)26(18)13-15-8-5-6-9-17(15)23/h5-6,8-12H,4,7,13H2,1-3H3,(H2,24,27). The Labute approximate surface area is 169 Å². The van der Waals surface area contributed by atoms with Crippen molar-refractivity contribution in [2.45, 2.75) is 26.3 Å². The largest absolute Gasteiger partial charge is 0.366 e. The van der Waals surface area contributed by atoms with Crippen LogP contribution in [0.15, 0.2) is 42.5 Å². The molecule has 6 heteroatoms. The smallest absolute Gasteiger partial charge is 0.255 e. The zero-order valence-corrected chi connectivity index (χ0v) is 17.1. The Morgan fingerprint density at radius 3 is 2.46 bits per heavy atom. The molecule has 0 saturated carbocycles. The number of aromatic nitrogens is 1. The predicted octanol–water partition coefficient (Wildman–Crippen LogP) is 4.10. The van der Waals surface area contributed by atoms with Crippen molar-refractivity contribution >= 4 is 34.3 Å². The maximum Gasteiger partial charge on any atom is 0.255 e. The van der Waals surface area contributed by atoms with E-state index in [2.05, 4.69) is 11.5 Å². The number of primary amides is 1. The van der Waals surface area contributed by atoms with Crippen LogP contribution in [-0.4, -0.2) is 35.4 Å². The van der Waals surface area contributed by atoms with E-state index in [-0.39, 0.29) is 5.91 Å². The van der Waals surface area contributed by atoms with Crippen molar-refractivity contribution < 1.29 is 9.59 Å². The average molecular weight is 398 g/mol. The Bertz CT molecular complexity index is 1050. The van der Waals surface area contributed by atoms with Crippen molar-refractivity contribution in [2.75, 3.05) is 14.1 Å². The predicted molar refractivity (Wildman–Crippen MR) is 113 cm³/mol. The van der Waals surface area contributed by atoms with E-state index in [1.54, 1.807) is 31.1 Å². The number of carbonyl (C=O) groups excluding carboxylic acids is 2. The van der Waals surface area contributed by atoms with Crippen LogP contribution in [-0.2, 0) is 13.0 Å². The number of hydrogen-bond donors (Lipinski definition) is 1. The molecule has 5 nitrogen and oxygen atoms in total. The Morgan fingerprint density at radius 2 is 1.86 bits per heavy atom. The van der Waals surface area contributed by atoms with Gasteiger partial charge in [0.15, 0.2) is 0 Å². The van der Waals surface area contributed by atoms with Gasteiger partial charge in [0.05, 0.1) is 11.1 Å². The van der Waals surface area contributed by atoms with Gasteiger partial charge in [-0.3, -0.25) is 9.59 Å². The third-order valence-corrected chi connectivity index (χ3v) is 5.22. The zero-order valence-electron chi connectivity index (χ0n) is 16.3. The van der Waals surface area contributed by atoms with Crippen molar-refractivity contribution in [1.82, 2.24) is 9.47 Å². The second-order valence-electron chi connectivity index (χ2n) is 7.05. The van der Waals surface area contributed by atoms with Gasteiger partial charge in [0.2, 0.25) is 5.91 Å². The molecule has 28 heavy (non-hydrogen) atoms. The number of nitrogens with zero attached hydrogens (tertiary/aromatic N) is 2. The van der Waals surface area contributed by atoms with Crippen molar-refractivity contribution in [3.8, 4) is 0 Å². The number of nitrogens with two attached hydrogens (primary N) is 1. The van der Waals surface area contributed by atoms with E-state index in [0.717, 1.165) is 35.0 Å². The molecule has 0 aliphatic carbocycles. The van der Waals surface area contributed by atoms with Gasteiger partial charge in [-0.05, 0) is 30.2 Å². The van der Waals surface area contributed by atoms with Gasteiger partial charge in [-0.15, -0.1) is 0 Å². The fourth-order valence-corrected chi connectivity index (χ4v) is 3.69. The lowest BCUT2D eigenvalue weighted by Crippen LogP contribution is -2.23. The van der Waals surface area contributed by atoms with E-state index in [1.807, 2.05) is 30.3 Å². The topological polar surface area (TPSA) is 68.3 Å². The molecule has 1 aromatic heterocycles. The summed E-state index contributed by atoms with van der Waals surface area (Å²) in [4.78, 5) is 26.3. The van der Waals surface area contributed by atoms with Crippen LogP contribution in [0, 0.1) is 0 Å². The molecule has 0 bridgehead atoms. The Hall–Kier alpha value is -2.79. The first-order valence-corrected chi connectivity index (χ1v) is 9.62. The lowest BCUT2D eigenvalue weighted by molar-refractivity contribution is 0.0827. The Kier molecular flexibility index (Phi) is 5.75. The quantitative estimate of drug-likeness (QED) is 0.680. The molecule has 0 aliphatic heterocycles. The minimum Gasteiger partial charge on any atom is -0.366 e. The van der Waals surface area contributed by atoms with Crippen molar-refractivity contribution in [1.29, 1.82) is 0 Å². The molecule has 146 valence electrons. The van der Waals surface area contributed by atoms with Gasteiger partial charge >= 0.3 is 0 Å². The molecule has 1 heterocycles. The molecule has 0 unspecified atom stereocenters. The molecule has 0 radical (unpaired) electrons. The van der Waals surface area contributed by atoms with E-state index in [1.165, 1.54) is 0 Å². The molecule has 2 N–H and O–H groups in total. The third-order valence-electron chi connectivity index (χ3n) is 4.85. The lowest BCUT2D eigenvalue weighted by atomic mass is 10.1. The molecule has 0 aliphatic rings. The minimum atomic E-state index is -0.495. The minimum absolute atomic E-state index is 0.0572. The summed E-state index contributed by atoms with van der Waals surface area (Å²) in [6, 6.07) is 12.9. The maximum atomic E-state index is 13.0. The summed E-state index contributed by atoms with van der Waals surface area (Å²) in [5.74, 6) is -0.553. The molecular weight excluding hydrogens is 374 g/mol. The molecule has 3 rings (SSSR count). The van der Waals surface area contributed by atoms with E-state index < -0.39 is 5.91 Å². The van der Waals surface area contributed by atoms with Crippen LogP contribution in [0.25, 0.3) is 10.9 Å². The van der Waals surface area contributed by atoms with Gasteiger partial charge in [0.25, 0.3) is 5.91 Å². The molecule has 0 saturated heterocycles.